The average molecular weight is 1660 g/mol. The maximum atomic E-state index is 14.6. The number of likely N-dealkylation sites (tertiary alicyclic amines) is 2. The minimum Gasteiger partial charge on any atom is -0.462 e. The van der Waals surface area contributed by atoms with Gasteiger partial charge in [0, 0.05) is 138 Å². The molecule has 6 saturated heterocycles. The summed E-state index contributed by atoms with van der Waals surface area (Å²) in [7, 11) is 8.48. The molecule has 9 aliphatic heterocycles. The molecule has 12 heterocycles. The van der Waals surface area contributed by atoms with E-state index in [4.69, 9.17) is 70.7 Å². The third-order valence-electron chi connectivity index (χ3n) is 24.9. The zero-order chi connectivity index (χ0) is 84.3. The van der Waals surface area contributed by atoms with Crippen LogP contribution in [0.15, 0.2) is 117 Å². The molecule has 0 bridgehead atoms. The highest BCUT2D eigenvalue weighted by atomic mass is 35.5. The number of nitrogens with zero attached hydrogens (tertiary/aromatic N) is 22. The van der Waals surface area contributed by atoms with Crippen molar-refractivity contribution in [3.63, 3.8) is 0 Å². The van der Waals surface area contributed by atoms with Gasteiger partial charge in [-0.3, -0.25) is 14.4 Å². The van der Waals surface area contributed by atoms with Crippen molar-refractivity contribution in [1.82, 2.24) is 59.3 Å². The van der Waals surface area contributed by atoms with Crippen LogP contribution in [-0.2, 0) is 53.3 Å². The van der Waals surface area contributed by atoms with Crippen LogP contribution in [0.25, 0.3) is 25.3 Å². The summed E-state index contributed by atoms with van der Waals surface area (Å²) >= 11 is 6.32. The molecule has 3 amide bonds. The number of halogens is 4. The SMILES string of the molecule is [C-]#[N+]C[C@H]1CN(c2nc(N3CCCC(N(C)C)C3)nc3c2CCN(c2cccc4ccccc24)C3)CCN1C(=O)C=C.[C-]#[N+]C[C@H]1CN(c2nc(OC[C@@H]3CCCN3C)nc3c2CCN(c2cccc(F)c2Cl)C3)CCN1C(=O)C=C.[C-]#[N+]C[C@H]1CN(c2nc(OC[C@@H]3CCCN3C)nc3c2CCN(c2cccc(F)c2F)C3)CCN1C(=O)C=C. The predicted molar refractivity (Wildman–Crippen MR) is 461 cm³/mol. The van der Waals surface area contributed by atoms with Gasteiger partial charge in [-0.05, 0) is 153 Å². The number of anilines is 7. The number of rotatable bonds is 20. The van der Waals surface area contributed by atoms with Gasteiger partial charge in [-0.15, -0.1) is 0 Å². The van der Waals surface area contributed by atoms with Crippen LogP contribution in [0.5, 0.6) is 12.0 Å². The predicted octanol–water partition coefficient (Wildman–Crippen LogP) is 10.2. The molecule has 31 heteroatoms. The Kier molecular flexibility index (Phi) is 27.5. The van der Waals surface area contributed by atoms with Crippen LogP contribution in [0.1, 0.15) is 72.3 Å². The Labute approximate surface area is 706 Å². The normalized spacial score (nSPS) is 21.2. The highest BCUT2D eigenvalue weighted by molar-refractivity contribution is 6.33. The van der Waals surface area contributed by atoms with Crippen LogP contribution in [0.3, 0.4) is 0 Å². The Morgan fingerprint density at radius 3 is 1.38 bits per heavy atom. The Morgan fingerprint density at radius 1 is 0.475 bits per heavy atom. The Balaban J connectivity index is 0.000000148. The molecule has 16 rings (SSSR count). The summed E-state index contributed by atoms with van der Waals surface area (Å²) in [5, 5.41) is 2.60. The standard InChI is InChI=1S/C33H40N8O.C28H33ClFN7O2.C28H33F2N7O2/c1-5-31(42)41-19-18-39(22-26(41)20-34-2)32-28-15-17-38(30-14-8-11-24-10-6-7-13-27(24)30)23-29(28)35-33(36-32)40-16-9-12-25(21-40)37(3)4;1-4-25(38)37-14-13-36(16-20(37)15-31-2)27-21-10-12-35(24-9-5-8-22(30)26(24)29)17-23(21)32-28(33-27)39-18-19-7-6-11-34(19)3;1-4-25(38)37-14-13-36(16-20(37)15-31-2)27-21-10-12-35(24-9-5-8-22(29)26(24)30)17-23(21)32-28(33-27)39-18-19-7-6-11-34(19)3/h5-8,10-11,13-14,25-26H,1,9,12,15-23H2,3-4H3;2*4-5,8-9,19-20H,1,6-7,10-18H2,3H3/t25?,26-;2*19-,20-/m000/s1. The third-order valence-corrected chi connectivity index (χ3v) is 25.3. The van der Waals surface area contributed by atoms with Crippen molar-refractivity contribution in [2.45, 2.75) is 114 Å². The number of piperazine rings is 3. The first-order valence-electron chi connectivity index (χ1n) is 41.7. The topological polar surface area (TPSA) is 202 Å². The van der Waals surface area contributed by atoms with E-state index in [0.29, 0.717) is 134 Å². The fraction of sp³-hybridized carbons (Fsp3) is 0.483. The smallest absolute Gasteiger partial charge is 0.318 e. The molecule has 3 aromatic heterocycles. The van der Waals surface area contributed by atoms with Crippen molar-refractivity contribution in [1.29, 1.82) is 0 Å². The number of amides is 3. The van der Waals surface area contributed by atoms with Crippen molar-refractivity contribution >= 4 is 80.6 Å². The number of likely N-dealkylation sites (N-methyl/N-ethyl adjacent to an activating group) is 3. The molecule has 0 saturated carbocycles. The van der Waals surface area contributed by atoms with Gasteiger partial charge >= 0.3 is 12.0 Å². The van der Waals surface area contributed by atoms with E-state index in [2.05, 4.69) is 144 Å². The molecule has 6 atom stereocenters. The first-order valence-corrected chi connectivity index (χ1v) is 42.0. The molecular formula is C89H106ClF3N22O5. The molecule has 9 aliphatic rings. The Morgan fingerprint density at radius 2 is 0.900 bits per heavy atom. The van der Waals surface area contributed by atoms with E-state index < -0.39 is 17.5 Å². The van der Waals surface area contributed by atoms with E-state index >= 15 is 0 Å². The number of carbonyl (C=O) groups excluding carboxylic acids is 3. The second kappa shape index (κ2) is 38.8. The highest BCUT2D eigenvalue weighted by Crippen LogP contribution is 2.40. The van der Waals surface area contributed by atoms with Crippen LogP contribution in [0, 0.1) is 37.2 Å². The van der Waals surface area contributed by atoms with Gasteiger partial charge in [0.1, 0.15) is 54.6 Å². The molecule has 0 N–H and O–H groups in total. The van der Waals surface area contributed by atoms with Crippen LogP contribution < -0.4 is 43.8 Å². The summed E-state index contributed by atoms with van der Waals surface area (Å²) in [6.45, 7) is 46.9. The lowest BCUT2D eigenvalue weighted by molar-refractivity contribution is -0.129. The maximum Gasteiger partial charge on any atom is 0.318 e. The highest BCUT2D eigenvalue weighted by Gasteiger charge is 2.41. The summed E-state index contributed by atoms with van der Waals surface area (Å²) in [4.78, 5) is 105. The monoisotopic (exact) mass is 1650 g/mol. The number of piperidine rings is 1. The molecule has 0 aliphatic carbocycles. The fourth-order valence-corrected chi connectivity index (χ4v) is 18.5. The lowest BCUT2D eigenvalue weighted by Crippen LogP contribution is -2.56. The van der Waals surface area contributed by atoms with Gasteiger partial charge in [0.15, 0.2) is 11.6 Å². The largest absolute Gasteiger partial charge is 0.462 e. The zero-order valence-corrected chi connectivity index (χ0v) is 69.8. The first kappa shape index (κ1) is 85.1. The summed E-state index contributed by atoms with van der Waals surface area (Å²) in [6, 6.07) is 25.0. The van der Waals surface area contributed by atoms with E-state index in [1.54, 1.807) is 31.7 Å². The molecule has 0 spiro atoms. The summed E-state index contributed by atoms with van der Waals surface area (Å²) in [5.74, 6) is 0.584. The third kappa shape index (κ3) is 18.9. The molecule has 4 aromatic carbocycles. The van der Waals surface area contributed by atoms with Crippen LogP contribution in [0.2, 0.25) is 5.02 Å². The number of hydrogen-bond acceptors (Lipinski definition) is 21. The fourth-order valence-electron chi connectivity index (χ4n) is 18.2. The van der Waals surface area contributed by atoms with Gasteiger partial charge in [0.25, 0.3) is 0 Å². The van der Waals surface area contributed by atoms with Crippen molar-refractivity contribution < 1.29 is 37.0 Å². The van der Waals surface area contributed by atoms with Crippen molar-refractivity contribution in [3.05, 3.63) is 207 Å². The van der Waals surface area contributed by atoms with Crippen molar-refractivity contribution in [3.8, 4) is 12.0 Å². The molecule has 27 nitrogen and oxygen atoms in total. The van der Waals surface area contributed by atoms with Crippen LogP contribution >= 0.6 is 11.6 Å². The van der Waals surface area contributed by atoms with E-state index in [1.807, 2.05) is 11.0 Å². The summed E-state index contributed by atoms with van der Waals surface area (Å²) in [6.07, 6.45) is 12.6. The Bertz CT molecular complexity index is 4860. The van der Waals surface area contributed by atoms with Crippen LogP contribution in [-0.4, -0.2) is 279 Å². The molecule has 7 aromatic rings. The van der Waals surface area contributed by atoms with Crippen LogP contribution in [0.4, 0.5) is 53.6 Å². The number of carbonyl (C=O) groups is 3. The summed E-state index contributed by atoms with van der Waals surface area (Å²) in [5.41, 5.74) is 7.79. The molecule has 0 radical (unpaired) electrons. The molecule has 1 unspecified atom stereocenters. The maximum absolute atomic E-state index is 14.6. The number of benzene rings is 4. The average Bonchev–Trinajstić information content (AvgIpc) is 1.28. The number of hydrogen-bond donors (Lipinski definition) is 0. The van der Waals surface area contributed by atoms with Gasteiger partial charge in [-0.25, -0.2) is 37.9 Å². The molecule has 120 heavy (non-hydrogen) atoms. The van der Waals surface area contributed by atoms with E-state index in [9.17, 15) is 27.6 Å². The van der Waals surface area contributed by atoms with E-state index in [1.165, 1.54) is 58.8 Å². The van der Waals surface area contributed by atoms with Gasteiger partial charge in [-0.1, -0.05) is 79.9 Å². The van der Waals surface area contributed by atoms with Crippen molar-refractivity contribution in [2.75, 3.05) is 200 Å². The van der Waals surface area contributed by atoms with Gasteiger partial charge in [0.05, 0.1) is 53.1 Å². The number of ether oxygens (including phenoxy) is 2. The van der Waals surface area contributed by atoms with E-state index in [0.717, 1.165) is 130 Å². The molecule has 6 fully saturated rings. The second-order valence-corrected chi connectivity index (χ2v) is 32.7. The lowest BCUT2D eigenvalue weighted by atomic mass is 10.0. The van der Waals surface area contributed by atoms with Gasteiger partial charge in [-0.2, -0.15) is 24.9 Å². The van der Waals surface area contributed by atoms with Gasteiger partial charge < -0.3 is 87.7 Å². The minimum absolute atomic E-state index is 0.0981. The Hall–Kier alpha value is -11.4. The second-order valence-electron chi connectivity index (χ2n) is 32.4. The zero-order valence-electron chi connectivity index (χ0n) is 69.0. The minimum atomic E-state index is -0.885. The van der Waals surface area contributed by atoms with Gasteiger partial charge in [0.2, 0.25) is 43.3 Å². The molecule has 630 valence electrons. The lowest BCUT2D eigenvalue weighted by Gasteiger charge is -2.42. The summed E-state index contributed by atoms with van der Waals surface area (Å²) < 4.78 is 55.1. The number of fused-ring (bicyclic) bond motifs is 4. The van der Waals surface area contributed by atoms with Crippen molar-refractivity contribution in [2.24, 2.45) is 0 Å². The first-order chi connectivity index (χ1) is 58.2. The number of aromatic nitrogens is 6. The quantitative estimate of drug-likeness (QED) is 0.0514. The van der Waals surface area contributed by atoms with E-state index in [-0.39, 0.29) is 84.8 Å². The molecular weight excluding hydrogens is 1550 g/mol.